The van der Waals surface area contributed by atoms with E-state index in [4.69, 9.17) is 16.3 Å². The average molecular weight is 261 g/mol. The van der Waals surface area contributed by atoms with Crippen LogP contribution in [0.5, 0.6) is 11.5 Å². The Morgan fingerprint density at radius 3 is 2.39 bits per heavy atom. The summed E-state index contributed by atoms with van der Waals surface area (Å²) in [5, 5.41) is 0. The predicted octanol–water partition coefficient (Wildman–Crippen LogP) is 5.09. The Balaban J connectivity index is 2.22. The molecule has 94 valence electrons. The van der Waals surface area contributed by atoms with Gasteiger partial charge in [-0.25, -0.2) is 0 Å². The number of hydrogen-bond donors (Lipinski definition) is 0. The Kier molecular flexibility index (Phi) is 4.27. The summed E-state index contributed by atoms with van der Waals surface area (Å²) in [5.74, 6) is 2.15. The smallest absolute Gasteiger partial charge is 0.131 e. The number of aryl methyl sites for hydroxylation is 2. The Morgan fingerprint density at radius 1 is 1.06 bits per heavy atom. The van der Waals surface area contributed by atoms with Gasteiger partial charge in [0.25, 0.3) is 0 Å². The van der Waals surface area contributed by atoms with Gasteiger partial charge < -0.3 is 4.74 Å². The van der Waals surface area contributed by atoms with E-state index in [9.17, 15) is 0 Å². The normalized spacial score (nSPS) is 10.4. The highest BCUT2D eigenvalue weighted by Crippen LogP contribution is 2.27. The molecule has 0 spiro atoms. The molecule has 0 unspecified atom stereocenters. The van der Waals surface area contributed by atoms with E-state index in [-0.39, 0.29) is 0 Å². The van der Waals surface area contributed by atoms with Crippen LogP contribution < -0.4 is 4.74 Å². The molecule has 0 bridgehead atoms. The number of alkyl halides is 1. The van der Waals surface area contributed by atoms with Gasteiger partial charge in [0.15, 0.2) is 0 Å². The SMILES string of the molecule is CCc1ccc(Oc2ccc(C)cc2CCl)cc1. The molecule has 0 heterocycles. The van der Waals surface area contributed by atoms with Gasteiger partial charge in [-0.05, 0) is 37.1 Å². The third-order valence-electron chi connectivity index (χ3n) is 2.92. The molecule has 0 aliphatic heterocycles. The van der Waals surface area contributed by atoms with E-state index in [0.717, 1.165) is 23.5 Å². The molecule has 18 heavy (non-hydrogen) atoms. The van der Waals surface area contributed by atoms with Crippen LogP contribution in [0.1, 0.15) is 23.6 Å². The van der Waals surface area contributed by atoms with Gasteiger partial charge in [-0.3, -0.25) is 0 Å². The van der Waals surface area contributed by atoms with Crippen molar-refractivity contribution in [3.05, 3.63) is 59.2 Å². The van der Waals surface area contributed by atoms with Crippen molar-refractivity contribution in [1.82, 2.24) is 0 Å². The summed E-state index contributed by atoms with van der Waals surface area (Å²) in [4.78, 5) is 0. The highest BCUT2D eigenvalue weighted by atomic mass is 35.5. The van der Waals surface area contributed by atoms with E-state index in [1.807, 2.05) is 24.3 Å². The summed E-state index contributed by atoms with van der Waals surface area (Å²) < 4.78 is 5.87. The van der Waals surface area contributed by atoms with Crippen LogP contribution in [0.3, 0.4) is 0 Å². The molecule has 2 aromatic rings. The van der Waals surface area contributed by atoms with Crippen LogP contribution in [0.2, 0.25) is 0 Å². The lowest BCUT2D eigenvalue weighted by Gasteiger charge is -2.10. The maximum Gasteiger partial charge on any atom is 0.131 e. The molecule has 0 aliphatic carbocycles. The van der Waals surface area contributed by atoms with Crippen molar-refractivity contribution in [2.24, 2.45) is 0 Å². The molecule has 0 aromatic heterocycles. The van der Waals surface area contributed by atoms with Crippen molar-refractivity contribution in [3.63, 3.8) is 0 Å². The van der Waals surface area contributed by atoms with Crippen molar-refractivity contribution in [2.45, 2.75) is 26.1 Å². The van der Waals surface area contributed by atoms with Crippen molar-refractivity contribution in [1.29, 1.82) is 0 Å². The standard InChI is InChI=1S/C16H17ClO/c1-3-13-5-7-15(8-6-13)18-16-9-4-12(2)10-14(16)11-17/h4-10H,3,11H2,1-2H3. The molecular weight excluding hydrogens is 244 g/mol. The number of hydrogen-bond acceptors (Lipinski definition) is 1. The van der Waals surface area contributed by atoms with E-state index in [1.165, 1.54) is 11.1 Å². The summed E-state index contributed by atoms with van der Waals surface area (Å²) in [7, 11) is 0. The number of halogens is 1. The quantitative estimate of drug-likeness (QED) is 0.696. The largest absolute Gasteiger partial charge is 0.457 e. The second-order valence-electron chi connectivity index (χ2n) is 4.34. The third kappa shape index (κ3) is 3.05. The van der Waals surface area contributed by atoms with Gasteiger partial charge in [0, 0.05) is 5.56 Å². The first-order valence-electron chi connectivity index (χ1n) is 6.15. The Morgan fingerprint density at radius 2 is 1.78 bits per heavy atom. The van der Waals surface area contributed by atoms with Crippen LogP contribution >= 0.6 is 11.6 Å². The predicted molar refractivity (Wildman–Crippen MR) is 76.6 cm³/mol. The average Bonchev–Trinajstić information content (AvgIpc) is 2.41. The zero-order valence-corrected chi connectivity index (χ0v) is 11.5. The van der Waals surface area contributed by atoms with Gasteiger partial charge in [-0.1, -0.05) is 36.8 Å². The first-order chi connectivity index (χ1) is 8.72. The van der Waals surface area contributed by atoms with Gasteiger partial charge in [-0.2, -0.15) is 0 Å². The first kappa shape index (κ1) is 13.0. The zero-order chi connectivity index (χ0) is 13.0. The molecule has 1 nitrogen and oxygen atoms in total. The van der Waals surface area contributed by atoms with E-state index < -0.39 is 0 Å². The zero-order valence-electron chi connectivity index (χ0n) is 10.7. The van der Waals surface area contributed by atoms with E-state index in [0.29, 0.717) is 5.88 Å². The topological polar surface area (TPSA) is 9.23 Å². The molecular formula is C16H17ClO. The monoisotopic (exact) mass is 260 g/mol. The molecule has 0 amide bonds. The van der Waals surface area contributed by atoms with Gasteiger partial charge in [0.2, 0.25) is 0 Å². The van der Waals surface area contributed by atoms with Crippen LogP contribution in [0, 0.1) is 6.92 Å². The Hall–Kier alpha value is -1.47. The molecule has 2 heteroatoms. The molecule has 0 N–H and O–H groups in total. The molecule has 0 radical (unpaired) electrons. The second kappa shape index (κ2) is 5.92. The number of rotatable bonds is 4. The molecule has 2 rings (SSSR count). The van der Waals surface area contributed by atoms with Crippen LogP contribution in [-0.4, -0.2) is 0 Å². The van der Waals surface area contributed by atoms with Crippen LogP contribution in [0.4, 0.5) is 0 Å². The maximum absolute atomic E-state index is 5.94. The minimum absolute atomic E-state index is 0.462. The van der Waals surface area contributed by atoms with Gasteiger partial charge in [0.05, 0.1) is 5.88 Å². The van der Waals surface area contributed by atoms with Crippen molar-refractivity contribution < 1.29 is 4.74 Å². The fourth-order valence-corrected chi connectivity index (χ4v) is 2.04. The van der Waals surface area contributed by atoms with Gasteiger partial charge in [-0.15, -0.1) is 11.6 Å². The van der Waals surface area contributed by atoms with Crippen molar-refractivity contribution in [2.75, 3.05) is 0 Å². The van der Waals surface area contributed by atoms with E-state index >= 15 is 0 Å². The fraction of sp³-hybridized carbons (Fsp3) is 0.250. The summed E-state index contributed by atoms with van der Waals surface area (Å²) in [6.45, 7) is 4.19. The fourth-order valence-electron chi connectivity index (χ4n) is 1.83. The lowest BCUT2D eigenvalue weighted by Crippen LogP contribution is -1.91. The Labute approximate surface area is 113 Å². The Bertz CT molecular complexity index is 517. The van der Waals surface area contributed by atoms with E-state index in [2.05, 4.69) is 32.0 Å². The summed E-state index contributed by atoms with van der Waals surface area (Å²) in [6, 6.07) is 14.2. The second-order valence-corrected chi connectivity index (χ2v) is 4.61. The summed E-state index contributed by atoms with van der Waals surface area (Å²) in [5.41, 5.74) is 3.53. The van der Waals surface area contributed by atoms with Crippen LogP contribution in [0.15, 0.2) is 42.5 Å². The number of ether oxygens (including phenoxy) is 1. The minimum atomic E-state index is 0.462. The maximum atomic E-state index is 5.94. The third-order valence-corrected chi connectivity index (χ3v) is 3.21. The molecule has 2 aromatic carbocycles. The molecule has 0 atom stereocenters. The van der Waals surface area contributed by atoms with Crippen LogP contribution in [-0.2, 0) is 12.3 Å². The highest BCUT2D eigenvalue weighted by molar-refractivity contribution is 6.17. The summed E-state index contributed by atoms with van der Waals surface area (Å²) in [6.07, 6.45) is 1.04. The highest BCUT2D eigenvalue weighted by Gasteiger charge is 2.04. The van der Waals surface area contributed by atoms with Gasteiger partial charge in [0.1, 0.15) is 11.5 Å². The summed E-state index contributed by atoms with van der Waals surface area (Å²) >= 11 is 5.94. The van der Waals surface area contributed by atoms with E-state index in [1.54, 1.807) is 0 Å². The minimum Gasteiger partial charge on any atom is -0.457 e. The van der Waals surface area contributed by atoms with Gasteiger partial charge >= 0.3 is 0 Å². The van der Waals surface area contributed by atoms with Crippen molar-refractivity contribution >= 4 is 11.6 Å². The molecule has 0 saturated carbocycles. The first-order valence-corrected chi connectivity index (χ1v) is 6.68. The molecule has 0 aliphatic rings. The molecule has 0 fully saturated rings. The molecule has 0 saturated heterocycles. The van der Waals surface area contributed by atoms with Crippen LogP contribution in [0.25, 0.3) is 0 Å². The lowest BCUT2D eigenvalue weighted by atomic mass is 10.1. The van der Waals surface area contributed by atoms with Crippen molar-refractivity contribution in [3.8, 4) is 11.5 Å². The lowest BCUT2D eigenvalue weighted by molar-refractivity contribution is 0.478. The number of benzene rings is 2.